The zero-order valence-electron chi connectivity index (χ0n) is 17.9. The number of fused-ring (bicyclic) bond motifs is 2. The summed E-state index contributed by atoms with van der Waals surface area (Å²) in [7, 11) is 0. The van der Waals surface area contributed by atoms with E-state index in [9.17, 15) is 15.0 Å². The molecule has 160 valence electrons. The number of aromatic hydroxyl groups is 2. The summed E-state index contributed by atoms with van der Waals surface area (Å²) in [6, 6.07) is 14.3. The van der Waals surface area contributed by atoms with Crippen LogP contribution in [0.2, 0.25) is 0 Å². The highest BCUT2D eigenvalue weighted by molar-refractivity contribution is 5.70. The van der Waals surface area contributed by atoms with Crippen molar-refractivity contribution in [3.8, 4) is 11.5 Å². The molecule has 2 aliphatic carbocycles. The van der Waals surface area contributed by atoms with Gasteiger partial charge in [-0.1, -0.05) is 38.1 Å². The highest BCUT2D eigenvalue weighted by Gasteiger charge is 2.52. The van der Waals surface area contributed by atoms with E-state index >= 15 is 0 Å². The predicted octanol–water partition coefficient (Wildman–Crippen LogP) is 5.70. The quantitative estimate of drug-likeness (QED) is 0.577. The fourth-order valence-electron chi connectivity index (χ4n) is 5.77. The first-order valence-corrected chi connectivity index (χ1v) is 11.2. The highest BCUT2D eigenvalue weighted by atomic mass is 16.6. The van der Waals surface area contributed by atoms with Crippen LogP contribution in [0.15, 0.2) is 48.5 Å². The summed E-state index contributed by atoms with van der Waals surface area (Å²) in [5.74, 6) is 1.56. The van der Waals surface area contributed by atoms with Crippen LogP contribution >= 0.6 is 0 Å². The van der Waals surface area contributed by atoms with Gasteiger partial charge in [-0.15, -0.1) is 0 Å². The first-order valence-electron chi connectivity index (χ1n) is 11.2. The number of hydrogen-bond donors (Lipinski definition) is 2. The average molecular weight is 409 g/mol. The second kappa shape index (κ2) is 7.98. The number of carbonyl (C=O) groups is 1. The van der Waals surface area contributed by atoms with Crippen LogP contribution in [0.5, 0.6) is 11.5 Å². The number of carbonyl (C=O) groups excluding carboxylic acids is 1. The molecular weight excluding hydrogens is 376 g/mol. The summed E-state index contributed by atoms with van der Waals surface area (Å²) in [6.45, 7) is 4.25. The Kier molecular flexibility index (Phi) is 5.52. The fourth-order valence-corrected chi connectivity index (χ4v) is 5.77. The summed E-state index contributed by atoms with van der Waals surface area (Å²) in [4.78, 5) is 13.0. The van der Waals surface area contributed by atoms with Crippen molar-refractivity contribution in [1.29, 1.82) is 0 Å². The summed E-state index contributed by atoms with van der Waals surface area (Å²) < 4.78 is 6.17. The number of rotatable bonds is 7. The molecule has 0 unspecified atom stereocenters. The fraction of sp³-hybridized carbons (Fsp3) is 0.500. The van der Waals surface area contributed by atoms with Gasteiger partial charge in [-0.25, -0.2) is 0 Å². The third-order valence-electron chi connectivity index (χ3n) is 7.67. The molecule has 30 heavy (non-hydrogen) atoms. The van der Waals surface area contributed by atoms with Gasteiger partial charge in [0.15, 0.2) is 0 Å². The number of benzene rings is 2. The Hall–Kier alpha value is -2.49. The van der Waals surface area contributed by atoms with E-state index in [0.29, 0.717) is 18.8 Å². The number of phenols is 2. The Labute approximate surface area is 178 Å². The average Bonchev–Trinajstić information content (AvgIpc) is 3.34. The van der Waals surface area contributed by atoms with Crippen LogP contribution in [0.1, 0.15) is 69.9 Å². The van der Waals surface area contributed by atoms with E-state index in [4.69, 9.17) is 4.74 Å². The van der Waals surface area contributed by atoms with Crippen LogP contribution in [-0.4, -0.2) is 21.8 Å². The molecule has 2 bridgehead atoms. The van der Waals surface area contributed by atoms with Crippen LogP contribution in [0.3, 0.4) is 0 Å². The largest absolute Gasteiger partial charge is 0.508 e. The molecule has 2 N–H and O–H groups in total. The Morgan fingerprint density at radius 3 is 2.03 bits per heavy atom. The van der Waals surface area contributed by atoms with Gasteiger partial charge in [-0.05, 0) is 85.8 Å². The van der Waals surface area contributed by atoms with Crippen molar-refractivity contribution < 1.29 is 19.7 Å². The molecule has 0 aliphatic heterocycles. The highest BCUT2D eigenvalue weighted by Crippen LogP contribution is 2.54. The van der Waals surface area contributed by atoms with Crippen LogP contribution in [-0.2, 0) is 14.9 Å². The molecule has 4 nitrogen and oxygen atoms in total. The van der Waals surface area contributed by atoms with Gasteiger partial charge in [-0.3, -0.25) is 4.79 Å². The van der Waals surface area contributed by atoms with Gasteiger partial charge in [-0.2, -0.15) is 0 Å². The molecule has 2 aromatic carbocycles. The van der Waals surface area contributed by atoms with Crippen molar-refractivity contribution in [3.05, 3.63) is 59.7 Å². The Morgan fingerprint density at radius 1 is 1.03 bits per heavy atom. The molecule has 0 amide bonds. The van der Waals surface area contributed by atoms with Crippen LogP contribution in [0.4, 0.5) is 0 Å². The third-order valence-corrected chi connectivity index (χ3v) is 7.67. The Bertz CT molecular complexity index is 841. The third kappa shape index (κ3) is 3.80. The van der Waals surface area contributed by atoms with E-state index in [1.165, 1.54) is 19.3 Å². The van der Waals surface area contributed by atoms with Crippen molar-refractivity contribution in [3.63, 3.8) is 0 Å². The number of phenolic OH excluding ortho intramolecular Hbond substituents is 2. The minimum absolute atomic E-state index is 0.117. The molecule has 2 saturated carbocycles. The minimum atomic E-state index is -0.436. The van der Waals surface area contributed by atoms with Gasteiger partial charge in [0, 0.05) is 11.8 Å². The number of esters is 1. The van der Waals surface area contributed by atoms with Gasteiger partial charge < -0.3 is 14.9 Å². The lowest BCUT2D eigenvalue weighted by atomic mass is 9.73. The molecule has 0 radical (unpaired) electrons. The first-order chi connectivity index (χ1) is 14.3. The van der Waals surface area contributed by atoms with Gasteiger partial charge in [0.05, 0.1) is 0 Å². The minimum Gasteiger partial charge on any atom is -0.508 e. The summed E-state index contributed by atoms with van der Waals surface area (Å²) in [5, 5.41) is 19.4. The molecule has 2 aliphatic rings. The molecule has 0 spiro atoms. The second-order valence-corrected chi connectivity index (χ2v) is 9.40. The molecule has 4 heteroatoms. The number of ether oxygens (including phenoxy) is 1. The van der Waals surface area contributed by atoms with E-state index in [0.717, 1.165) is 29.9 Å². The maximum absolute atomic E-state index is 13.0. The molecule has 0 aromatic heterocycles. The van der Waals surface area contributed by atoms with E-state index in [2.05, 4.69) is 13.8 Å². The molecule has 4 rings (SSSR count). The predicted molar refractivity (Wildman–Crippen MR) is 116 cm³/mol. The van der Waals surface area contributed by atoms with Gasteiger partial charge in [0.1, 0.15) is 17.1 Å². The molecule has 0 heterocycles. The number of hydrogen-bond acceptors (Lipinski definition) is 4. The smallest absolute Gasteiger partial charge is 0.306 e. The molecule has 2 aromatic rings. The van der Waals surface area contributed by atoms with Gasteiger partial charge in [0.2, 0.25) is 0 Å². The maximum Gasteiger partial charge on any atom is 0.306 e. The van der Waals surface area contributed by atoms with Crippen LogP contribution in [0, 0.1) is 11.8 Å². The van der Waals surface area contributed by atoms with Crippen molar-refractivity contribution in [2.75, 3.05) is 0 Å². The van der Waals surface area contributed by atoms with Crippen molar-refractivity contribution in [1.82, 2.24) is 0 Å². The Balaban J connectivity index is 1.53. The molecule has 3 atom stereocenters. The van der Waals surface area contributed by atoms with Crippen LogP contribution in [0.25, 0.3) is 0 Å². The summed E-state index contributed by atoms with van der Waals surface area (Å²) in [6.07, 6.45) is 6.51. The second-order valence-electron chi connectivity index (χ2n) is 9.40. The van der Waals surface area contributed by atoms with Gasteiger partial charge >= 0.3 is 5.97 Å². The van der Waals surface area contributed by atoms with Crippen molar-refractivity contribution in [2.45, 2.75) is 69.8 Å². The van der Waals surface area contributed by atoms with Gasteiger partial charge in [0.25, 0.3) is 0 Å². The monoisotopic (exact) mass is 408 g/mol. The van der Waals surface area contributed by atoms with E-state index in [1.54, 1.807) is 24.3 Å². The standard InChI is InChI=1S/C26H32O4/c1-3-26(17-18-4-5-21(26)16-18)30-24(29)14-15-25(2,19-6-10-22(27)11-7-19)20-8-12-23(28)13-9-20/h6-13,18,21,27-28H,3-5,14-17H2,1-2H3/t18-,21+,26-/m0/s1. The van der Waals surface area contributed by atoms with Crippen LogP contribution < -0.4 is 0 Å². The Morgan fingerprint density at radius 2 is 1.60 bits per heavy atom. The lowest BCUT2D eigenvalue weighted by Gasteiger charge is -2.37. The zero-order valence-corrected chi connectivity index (χ0v) is 17.9. The normalized spacial score (nSPS) is 25.4. The van der Waals surface area contributed by atoms with E-state index < -0.39 is 5.41 Å². The van der Waals surface area contributed by atoms with Crippen molar-refractivity contribution >= 4 is 5.97 Å². The lowest BCUT2D eigenvalue weighted by Crippen LogP contribution is -2.40. The molecule has 0 saturated heterocycles. The summed E-state index contributed by atoms with van der Waals surface area (Å²) in [5.41, 5.74) is 1.34. The lowest BCUT2D eigenvalue weighted by molar-refractivity contribution is -0.166. The zero-order chi connectivity index (χ0) is 21.4. The topological polar surface area (TPSA) is 66.8 Å². The first kappa shape index (κ1) is 20.8. The molecule has 2 fully saturated rings. The summed E-state index contributed by atoms with van der Waals surface area (Å²) >= 11 is 0. The maximum atomic E-state index is 13.0. The van der Waals surface area contributed by atoms with E-state index in [-0.39, 0.29) is 23.1 Å². The molecular formula is C26H32O4. The van der Waals surface area contributed by atoms with E-state index in [1.807, 2.05) is 24.3 Å². The SMILES string of the molecule is CC[C@]1(OC(=O)CCC(C)(c2ccc(O)cc2)c2ccc(O)cc2)C[C@H]2CC[C@@H]1C2. The van der Waals surface area contributed by atoms with Crippen molar-refractivity contribution in [2.24, 2.45) is 11.8 Å².